The van der Waals surface area contributed by atoms with Crippen LogP contribution in [0.15, 0.2) is 12.1 Å². The molecule has 20 heavy (non-hydrogen) atoms. The molecule has 1 aromatic heterocycles. The molecule has 1 N–H and O–H groups in total. The summed E-state index contributed by atoms with van der Waals surface area (Å²) < 4.78 is 19.1. The number of hydrogen-bond donors (Lipinski definition) is 1. The van der Waals surface area contributed by atoms with Gasteiger partial charge in [-0.05, 0) is 26.8 Å². The van der Waals surface area contributed by atoms with Crippen molar-refractivity contribution < 1.29 is 23.8 Å². The average molecular weight is 283 g/mol. The van der Waals surface area contributed by atoms with Crippen LogP contribution in [0.1, 0.15) is 38.4 Å². The highest BCUT2D eigenvalue weighted by Gasteiger charge is 2.32. The van der Waals surface area contributed by atoms with Gasteiger partial charge in [0.1, 0.15) is 5.78 Å². The van der Waals surface area contributed by atoms with Crippen LogP contribution in [-0.2, 0) is 26.3 Å². The number of pyridine rings is 1. The van der Waals surface area contributed by atoms with Gasteiger partial charge in [0.05, 0.1) is 24.3 Å². The summed E-state index contributed by atoms with van der Waals surface area (Å²) in [6.07, 6.45) is 0.298. The fraction of sp³-hybridized carbons (Fsp3) is 0.500. The fourth-order valence-corrected chi connectivity index (χ4v) is 1.53. The lowest BCUT2D eigenvalue weighted by Crippen LogP contribution is -2.30. The zero-order valence-electron chi connectivity index (χ0n) is 11.8. The van der Waals surface area contributed by atoms with Crippen molar-refractivity contribution in [1.82, 2.24) is 4.98 Å². The summed E-state index contributed by atoms with van der Waals surface area (Å²) >= 11 is 0. The summed E-state index contributed by atoms with van der Waals surface area (Å²) in [7, 11) is 0. The van der Waals surface area contributed by atoms with Gasteiger partial charge in [-0.25, -0.2) is 4.98 Å². The molecule has 0 aliphatic rings. The Morgan fingerprint density at radius 3 is 2.55 bits per heavy atom. The Bertz CT molecular complexity index is 514. The number of ether oxygens (including phenoxy) is 1. The standard InChI is InChI=1S/C14H18FNO4/c1-9(17)6-7-20-8-10-4-5-11(12(15)16-10)14(2,3)13(18)19/h4-5H,6-8H2,1-3H3,(H,18,19). The van der Waals surface area contributed by atoms with Crippen LogP contribution in [0.25, 0.3) is 0 Å². The van der Waals surface area contributed by atoms with Crippen LogP contribution in [0.4, 0.5) is 4.39 Å². The first-order valence-corrected chi connectivity index (χ1v) is 6.21. The molecule has 0 radical (unpaired) electrons. The highest BCUT2D eigenvalue weighted by molar-refractivity contribution is 5.80. The second kappa shape index (κ2) is 6.56. The molecule has 0 amide bonds. The predicted octanol–water partition coefficient (Wildman–Crippen LogP) is 2.08. The molecule has 1 rings (SSSR count). The molecule has 5 nitrogen and oxygen atoms in total. The molecule has 0 fully saturated rings. The monoisotopic (exact) mass is 283 g/mol. The lowest BCUT2D eigenvalue weighted by atomic mass is 9.85. The van der Waals surface area contributed by atoms with E-state index in [0.29, 0.717) is 12.1 Å². The number of Topliss-reactive ketones (excluding diaryl/α,β-unsaturated/α-hetero) is 1. The Balaban J connectivity index is 2.73. The van der Waals surface area contributed by atoms with E-state index in [9.17, 15) is 14.0 Å². The van der Waals surface area contributed by atoms with Crippen molar-refractivity contribution in [3.8, 4) is 0 Å². The van der Waals surface area contributed by atoms with Gasteiger partial charge in [0.2, 0.25) is 5.95 Å². The van der Waals surface area contributed by atoms with Gasteiger partial charge in [-0.1, -0.05) is 6.07 Å². The van der Waals surface area contributed by atoms with E-state index >= 15 is 0 Å². The van der Waals surface area contributed by atoms with Crippen molar-refractivity contribution in [2.24, 2.45) is 0 Å². The molecule has 6 heteroatoms. The average Bonchev–Trinajstić information content (AvgIpc) is 2.34. The summed E-state index contributed by atoms with van der Waals surface area (Å²) in [4.78, 5) is 25.5. The maximum absolute atomic E-state index is 13.9. The van der Waals surface area contributed by atoms with E-state index in [1.165, 1.54) is 32.9 Å². The summed E-state index contributed by atoms with van der Waals surface area (Å²) in [5, 5.41) is 9.06. The Morgan fingerprint density at radius 2 is 2.05 bits per heavy atom. The molecule has 1 aromatic rings. The topological polar surface area (TPSA) is 76.5 Å². The Hall–Kier alpha value is -1.82. The van der Waals surface area contributed by atoms with Crippen LogP contribution in [0.2, 0.25) is 0 Å². The molecule has 0 aliphatic heterocycles. The van der Waals surface area contributed by atoms with E-state index in [2.05, 4.69) is 4.98 Å². The molecule has 0 atom stereocenters. The first-order chi connectivity index (χ1) is 9.25. The minimum absolute atomic E-state index is 0.0164. The number of nitrogens with zero attached hydrogens (tertiary/aromatic N) is 1. The minimum atomic E-state index is -1.34. The van der Waals surface area contributed by atoms with Crippen LogP contribution in [-0.4, -0.2) is 28.4 Å². The molecule has 0 saturated carbocycles. The number of carbonyl (C=O) groups is 2. The van der Waals surface area contributed by atoms with Gasteiger partial charge in [0.15, 0.2) is 0 Å². The molecule has 110 valence electrons. The maximum Gasteiger partial charge on any atom is 0.313 e. The highest BCUT2D eigenvalue weighted by Crippen LogP contribution is 2.25. The first kappa shape index (κ1) is 16.2. The van der Waals surface area contributed by atoms with Crippen LogP contribution in [0.3, 0.4) is 0 Å². The van der Waals surface area contributed by atoms with E-state index in [-0.39, 0.29) is 24.6 Å². The number of rotatable bonds is 7. The number of aromatic nitrogens is 1. The lowest BCUT2D eigenvalue weighted by molar-refractivity contribution is -0.142. The molecule has 0 spiro atoms. The van der Waals surface area contributed by atoms with Gasteiger partial charge in [0.25, 0.3) is 0 Å². The van der Waals surface area contributed by atoms with Gasteiger partial charge < -0.3 is 9.84 Å². The third kappa shape index (κ3) is 4.09. The summed E-state index contributed by atoms with van der Waals surface area (Å²) in [5.41, 5.74) is -0.959. The van der Waals surface area contributed by atoms with Crippen molar-refractivity contribution in [3.63, 3.8) is 0 Å². The molecular weight excluding hydrogens is 265 g/mol. The van der Waals surface area contributed by atoms with Gasteiger partial charge >= 0.3 is 5.97 Å². The summed E-state index contributed by atoms with van der Waals surface area (Å²) in [6.45, 7) is 4.62. The summed E-state index contributed by atoms with van der Waals surface area (Å²) in [5.74, 6) is -1.92. The molecule has 0 saturated heterocycles. The summed E-state index contributed by atoms with van der Waals surface area (Å²) in [6, 6.07) is 2.93. The Morgan fingerprint density at radius 1 is 1.40 bits per heavy atom. The van der Waals surface area contributed by atoms with E-state index < -0.39 is 17.3 Å². The van der Waals surface area contributed by atoms with Crippen LogP contribution in [0.5, 0.6) is 0 Å². The van der Waals surface area contributed by atoms with Crippen molar-refractivity contribution in [1.29, 1.82) is 0 Å². The van der Waals surface area contributed by atoms with Crippen molar-refractivity contribution in [3.05, 3.63) is 29.3 Å². The zero-order chi connectivity index (χ0) is 15.3. The number of ketones is 1. The number of carboxylic acid groups (broad SMARTS) is 1. The van der Waals surface area contributed by atoms with Gasteiger partial charge in [-0.2, -0.15) is 4.39 Å². The highest BCUT2D eigenvalue weighted by atomic mass is 19.1. The van der Waals surface area contributed by atoms with Crippen molar-refractivity contribution in [2.45, 2.75) is 39.2 Å². The van der Waals surface area contributed by atoms with E-state index in [4.69, 9.17) is 9.84 Å². The number of aliphatic carboxylic acids is 1. The number of carbonyl (C=O) groups excluding carboxylic acids is 1. The maximum atomic E-state index is 13.9. The Labute approximate surface area is 116 Å². The second-order valence-corrected chi connectivity index (χ2v) is 5.08. The normalized spacial score (nSPS) is 11.4. The molecule has 0 aromatic carbocycles. The second-order valence-electron chi connectivity index (χ2n) is 5.08. The fourth-order valence-electron chi connectivity index (χ4n) is 1.53. The van der Waals surface area contributed by atoms with Gasteiger partial charge in [-0.3, -0.25) is 9.59 Å². The molecular formula is C14H18FNO4. The lowest BCUT2D eigenvalue weighted by Gasteiger charge is -2.20. The van der Waals surface area contributed by atoms with Crippen molar-refractivity contribution >= 4 is 11.8 Å². The number of halogens is 1. The number of carboxylic acids is 1. The third-order valence-electron chi connectivity index (χ3n) is 2.96. The van der Waals surface area contributed by atoms with Gasteiger partial charge in [0, 0.05) is 12.0 Å². The minimum Gasteiger partial charge on any atom is -0.481 e. The molecule has 0 unspecified atom stereocenters. The van der Waals surface area contributed by atoms with Crippen LogP contribution in [0, 0.1) is 5.95 Å². The van der Waals surface area contributed by atoms with Gasteiger partial charge in [-0.15, -0.1) is 0 Å². The largest absolute Gasteiger partial charge is 0.481 e. The van der Waals surface area contributed by atoms with E-state index in [1.54, 1.807) is 0 Å². The van der Waals surface area contributed by atoms with Crippen LogP contribution >= 0.6 is 0 Å². The predicted molar refractivity (Wildman–Crippen MR) is 69.8 cm³/mol. The molecule has 0 bridgehead atoms. The van der Waals surface area contributed by atoms with E-state index in [0.717, 1.165) is 0 Å². The van der Waals surface area contributed by atoms with E-state index in [1.807, 2.05) is 0 Å². The smallest absolute Gasteiger partial charge is 0.313 e. The van der Waals surface area contributed by atoms with Crippen molar-refractivity contribution in [2.75, 3.05) is 6.61 Å². The number of hydrogen-bond acceptors (Lipinski definition) is 4. The molecule has 0 aliphatic carbocycles. The SMILES string of the molecule is CC(=O)CCOCc1ccc(C(C)(C)C(=O)O)c(F)n1. The third-order valence-corrected chi connectivity index (χ3v) is 2.96. The quantitative estimate of drug-likeness (QED) is 0.612. The first-order valence-electron chi connectivity index (χ1n) is 6.21. The zero-order valence-corrected chi connectivity index (χ0v) is 11.8. The Kier molecular flexibility index (Phi) is 5.33. The van der Waals surface area contributed by atoms with Crippen LogP contribution < -0.4 is 0 Å². The molecule has 1 heterocycles.